The number of rotatable bonds is 9. The number of para-hydroxylation sites is 2. The first-order chi connectivity index (χ1) is 15.0. The fourth-order valence-corrected chi connectivity index (χ4v) is 3.73. The lowest BCUT2D eigenvalue weighted by Gasteiger charge is -2.22. The molecule has 0 bridgehead atoms. The van der Waals surface area contributed by atoms with E-state index in [1.54, 1.807) is 18.3 Å². The predicted molar refractivity (Wildman–Crippen MR) is 119 cm³/mol. The second-order valence-electron chi connectivity index (χ2n) is 8.01. The number of aromatic nitrogens is 2. The van der Waals surface area contributed by atoms with Crippen LogP contribution in [-0.2, 0) is 13.1 Å². The summed E-state index contributed by atoms with van der Waals surface area (Å²) in [6.45, 7) is 7.10. The summed E-state index contributed by atoms with van der Waals surface area (Å²) in [5.74, 6) is 2.39. The van der Waals surface area contributed by atoms with Gasteiger partial charge < -0.3 is 24.8 Å². The maximum Gasteiger partial charge on any atom is 0.387 e. The van der Waals surface area contributed by atoms with Crippen molar-refractivity contribution in [2.75, 3.05) is 24.5 Å². The van der Waals surface area contributed by atoms with E-state index in [0.717, 1.165) is 37.8 Å². The Kier molecular flexibility index (Phi) is 8.08. The summed E-state index contributed by atoms with van der Waals surface area (Å²) < 4.78 is 32.3. The van der Waals surface area contributed by atoms with Crippen molar-refractivity contribution < 1.29 is 13.5 Å². The minimum Gasteiger partial charge on any atom is -0.433 e. The van der Waals surface area contributed by atoms with Gasteiger partial charge in [-0.3, -0.25) is 0 Å². The Labute approximate surface area is 182 Å². The van der Waals surface area contributed by atoms with Crippen molar-refractivity contribution in [3.05, 3.63) is 42.5 Å². The van der Waals surface area contributed by atoms with Crippen LogP contribution in [0.2, 0.25) is 0 Å². The lowest BCUT2D eigenvalue weighted by atomic mass is 10.2. The number of alkyl halides is 2. The molecular formula is C22H32F2N6O. The maximum absolute atomic E-state index is 12.7. The van der Waals surface area contributed by atoms with Gasteiger partial charge in [0.15, 0.2) is 5.96 Å². The average molecular weight is 435 g/mol. The summed E-state index contributed by atoms with van der Waals surface area (Å²) >= 11 is 0. The van der Waals surface area contributed by atoms with Crippen LogP contribution in [-0.4, -0.2) is 47.8 Å². The van der Waals surface area contributed by atoms with Gasteiger partial charge in [-0.2, -0.15) is 8.78 Å². The number of nitrogens with zero attached hydrogens (tertiary/aromatic N) is 4. The molecule has 7 nitrogen and oxygen atoms in total. The van der Waals surface area contributed by atoms with E-state index >= 15 is 0 Å². The highest BCUT2D eigenvalue weighted by molar-refractivity contribution is 5.80. The lowest BCUT2D eigenvalue weighted by molar-refractivity contribution is -0.0495. The van der Waals surface area contributed by atoms with Crippen molar-refractivity contribution in [3.63, 3.8) is 0 Å². The number of imidazole rings is 1. The smallest absolute Gasteiger partial charge is 0.387 e. The van der Waals surface area contributed by atoms with Gasteiger partial charge in [0.2, 0.25) is 0 Å². The monoisotopic (exact) mass is 434 g/mol. The van der Waals surface area contributed by atoms with Crippen LogP contribution >= 0.6 is 0 Å². The first kappa shape index (κ1) is 22.8. The lowest BCUT2D eigenvalue weighted by Crippen LogP contribution is -2.44. The van der Waals surface area contributed by atoms with Crippen LogP contribution in [0.25, 0.3) is 0 Å². The molecule has 31 heavy (non-hydrogen) atoms. The van der Waals surface area contributed by atoms with Crippen molar-refractivity contribution in [3.8, 4) is 5.75 Å². The Morgan fingerprint density at radius 1 is 1.32 bits per heavy atom. The van der Waals surface area contributed by atoms with Gasteiger partial charge in [-0.25, -0.2) is 9.98 Å². The summed E-state index contributed by atoms with van der Waals surface area (Å²) in [7, 11) is 0. The summed E-state index contributed by atoms with van der Waals surface area (Å²) in [5.41, 5.74) is 0.685. The molecule has 1 aliphatic heterocycles. The zero-order valence-electron chi connectivity index (χ0n) is 18.4. The van der Waals surface area contributed by atoms with Crippen molar-refractivity contribution in [1.82, 2.24) is 20.2 Å². The van der Waals surface area contributed by atoms with E-state index < -0.39 is 6.61 Å². The Balaban J connectivity index is 1.63. The number of halogens is 2. The number of hydrogen-bond acceptors (Lipinski definition) is 4. The number of guanidine groups is 1. The molecule has 0 radical (unpaired) electrons. The molecule has 1 atom stereocenters. The number of anilines is 1. The fourth-order valence-electron chi connectivity index (χ4n) is 3.73. The van der Waals surface area contributed by atoms with Crippen LogP contribution in [0, 0.1) is 5.92 Å². The Morgan fingerprint density at radius 3 is 2.87 bits per heavy atom. The topological polar surface area (TPSA) is 66.7 Å². The maximum atomic E-state index is 12.7. The van der Waals surface area contributed by atoms with Crippen LogP contribution in [0.4, 0.5) is 14.5 Å². The molecule has 1 saturated heterocycles. The highest BCUT2D eigenvalue weighted by atomic mass is 19.3. The van der Waals surface area contributed by atoms with E-state index in [-0.39, 0.29) is 11.8 Å². The third-order valence-corrected chi connectivity index (χ3v) is 5.04. The quantitative estimate of drug-likeness (QED) is 0.467. The first-order valence-corrected chi connectivity index (χ1v) is 10.8. The fraction of sp³-hybridized carbons (Fsp3) is 0.545. The number of benzene rings is 1. The van der Waals surface area contributed by atoms with Gasteiger partial charge >= 0.3 is 6.61 Å². The Bertz CT molecular complexity index is 854. The van der Waals surface area contributed by atoms with Crippen molar-refractivity contribution >= 4 is 11.6 Å². The van der Waals surface area contributed by atoms with E-state index in [9.17, 15) is 8.78 Å². The van der Waals surface area contributed by atoms with E-state index in [1.807, 2.05) is 25.3 Å². The molecule has 0 aliphatic carbocycles. The number of hydrogen-bond donors (Lipinski definition) is 2. The standard InChI is InChI=1S/C22H32F2N6O/c1-4-25-22(27-13-20-26-10-12-30(20)14-16(2)3)28-17-9-11-29(15-17)18-7-5-6-8-19(18)31-21(23)24/h5-8,10,12,16-17,21H,4,9,11,13-15H2,1-3H3,(H2,25,27,28). The molecule has 2 heterocycles. The van der Waals surface area contributed by atoms with Gasteiger partial charge in [-0.15, -0.1) is 0 Å². The van der Waals surface area contributed by atoms with Gasteiger partial charge in [-0.05, 0) is 31.4 Å². The minimum absolute atomic E-state index is 0.146. The molecule has 2 N–H and O–H groups in total. The molecule has 0 spiro atoms. The minimum atomic E-state index is -2.84. The molecule has 170 valence electrons. The van der Waals surface area contributed by atoms with Crippen LogP contribution in [0.1, 0.15) is 33.0 Å². The summed E-state index contributed by atoms with van der Waals surface area (Å²) in [6, 6.07) is 7.07. The molecule has 2 aromatic rings. The number of ether oxygens (including phenoxy) is 1. The number of nitrogens with one attached hydrogen (secondary N) is 2. The normalized spacial score (nSPS) is 16.9. The zero-order valence-corrected chi connectivity index (χ0v) is 18.4. The van der Waals surface area contributed by atoms with E-state index in [4.69, 9.17) is 9.73 Å². The average Bonchev–Trinajstić information content (AvgIpc) is 3.35. The Morgan fingerprint density at radius 2 is 2.13 bits per heavy atom. The number of aliphatic imine (C=N–C) groups is 1. The van der Waals surface area contributed by atoms with Crippen LogP contribution in [0.15, 0.2) is 41.7 Å². The van der Waals surface area contributed by atoms with Crippen LogP contribution in [0.3, 0.4) is 0 Å². The largest absolute Gasteiger partial charge is 0.433 e. The molecule has 1 aliphatic rings. The molecule has 0 saturated carbocycles. The van der Waals surface area contributed by atoms with Gasteiger partial charge in [0.1, 0.15) is 18.1 Å². The third-order valence-electron chi connectivity index (χ3n) is 5.04. The summed E-state index contributed by atoms with van der Waals surface area (Å²) in [5, 5.41) is 6.75. The van der Waals surface area contributed by atoms with Crippen molar-refractivity contribution in [2.45, 2.75) is 52.9 Å². The van der Waals surface area contributed by atoms with Gasteiger partial charge in [0.25, 0.3) is 0 Å². The van der Waals surface area contributed by atoms with E-state index in [0.29, 0.717) is 24.7 Å². The second-order valence-corrected chi connectivity index (χ2v) is 8.01. The SMILES string of the molecule is CCNC(=NCc1nccn1CC(C)C)NC1CCN(c2ccccc2OC(F)F)C1. The van der Waals surface area contributed by atoms with Gasteiger partial charge in [-0.1, -0.05) is 26.0 Å². The van der Waals surface area contributed by atoms with Crippen molar-refractivity contribution in [1.29, 1.82) is 0 Å². The molecule has 3 rings (SSSR count). The molecule has 1 fully saturated rings. The third kappa shape index (κ3) is 6.57. The molecular weight excluding hydrogens is 402 g/mol. The van der Waals surface area contributed by atoms with Crippen LogP contribution < -0.4 is 20.3 Å². The molecule has 9 heteroatoms. The molecule has 1 unspecified atom stereocenters. The summed E-state index contributed by atoms with van der Waals surface area (Å²) in [6.07, 6.45) is 4.66. The first-order valence-electron chi connectivity index (χ1n) is 10.8. The second kappa shape index (κ2) is 11.0. The zero-order chi connectivity index (χ0) is 22.2. The highest BCUT2D eigenvalue weighted by Gasteiger charge is 2.26. The predicted octanol–water partition coefficient (Wildman–Crippen LogP) is 3.47. The highest BCUT2D eigenvalue weighted by Crippen LogP contribution is 2.31. The molecule has 1 aromatic carbocycles. The van der Waals surface area contributed by atoms with Crippen LogP contribution in [0.5, 0.6) is 5.75 Å². The van der Waals surface area contributed by atoms with Crippen molar-refractivity contribution in [2.24, 2.45) is 10.9 Å². The van der Waals surface area contributed by atoms with E-state index in [1.165, 1.54) is 0 Å². The van der Waals surface area contributed by atoms with Gasteiger partial charge in [0.05, 0.1) is 5.69 Å². The van der Waals surface area contributed by atoms with E-state index in [2.05, 4.69) is 38.9 Å². The molecule has 0 amide bonds. The van der Waals surface area contributed by atoms with Gasteiger partial charge in [0, 0.05) is 44.6 Å². The summed E-state index contributed by atoms with van der Waals surface area (Å²) in [4.78, 5) is 11.2. The molecule has 1 aromatic heterocycles. The Hall–Kier alpha value is -2.84.